The fourth-order valence-corrected chi connectivity index (χ4v) is 6.41. The lowest BCUT2D eigenvalue weighted by atomic mass is 9.82. The highest BCUT2D eigenvalue weighted by Gasteiger charge is 2.48. The summed E-state index contributed by atoms with van der Waals surface area (Å²) in [5.74, 6) is 0.950. The van der Waals surface area contributed by atoms with Crippen LogP contribution in [-0.2, 0) is 16.0 Å². The van der Waals surface area contributed by atoms with Gasteiger partial charge in [-0.25, -0.2) is 4.31 Å². The molecule has 0 bridgehead atoms. The SMILES string of the molecule is Cc1cc(CC(=O)O)ccc1/C=C/S(O)(O)N1CCC2(CC1)N=C(C1CCC(C)CC1)NC2=O. The summed E-state index contributed by atoms with van der Waals surface area (Å²) < 4.78 is 23.2. The monoisotopic (exact) mass is 489 g/mol. The van der Waals surface area contributed by atoms with Crippen LogP contribution in [0.1, 0.15) is 62.1 Å². The molecule has 0 aromatic heterocycles. The van der Waals surface area contributed by atoms with Gasteiger partial charge < -0.3 is 10.4 Å². The molecule has 1 saturated carbocycles. The van der Waals surface area contributed by atoms with Crippen molar-refractivity contribution in [3.63, 3.8) is 0 Å². The minimum absolute atomic E-state index is 0.0484. The van der Waals surface area contributed by atoms with Crippen LogP contribution in [0, 0.1) is 18.8 Å². The molecule has 1 amide bonds. The van der Waals surface area contributed by atoms with E-state index in [1.165, 1.54) is 5.41 Å². The number of carboxylic acids is 1. The van der Waals surface area contributed by atoms with Crippen molar-refractivity contribution in [1.82, 2.24) is 9.62 Å². The molecule has 34 heavy (non-hydrogen) atoms. The van der Waals surface area contributed by atoms with Gasteiger partial charge in [0.2, 0.25) is 0 Å². The van der Waals surface area contributed by atoms with Crippen LogP contribution >= 0.6 is 10.8 Å². The van der Waals surface area contributed by atoms with Gasteiger partial charge in [0.1, 0.15) is 11.4 Å². The first kappa shape index (κ1) is 24.9. The van der Waals surface area contributed by atoms with Gasteiger partial charge in [-0.15, -0.1) is 10.8 Å². The summed E-state index contributed by atoms with van der Waals surface area (Å²) in [5, 5.41) is 13.4. The molecular weight excluding hydrogens is 454 g/mol. The molecule has 1 spiro atoms. The molecule has 1 aromatic carbocycles. The number of amidine groups is 1. The molecule has 0 atom stereocenters. The highest BCUT2D eigenvalue weighted by atomic mass is 32.3. The van der Waals surface area contributed by atoms with Crippen molar-refractivity contribution in [2.75, 3.05) is 13.1 Å². The van der Waals surface area contributed by atoms with Gasteiger partial charge >= 0.3 is 5.97 Å². The van der Waals surface area contributed by atoms with Crippen molar-refractivity contribution in [3.05, 3.63) is 40.3 Å². The van der Waals surface area contributed by atoms with Gasteiger partial charge in [-0.05, 0) is 61.3 Å². The number of amides is 1. The highest BCUT2D eigenvalue weighted by Crippen LogP contribution is 2.48. The summed E-state index contributed by atoms with van der Waals surface area (Å²) in [6.45, 7) is 4.87. The smallest absolute Gasteiger partial charge is 0.307 e. The first-order chi connectivity index (χ1) is 16.1. The summed E-state index contributed by atoms with van der Waals surface area (Å²) in [6.07, 6.45) is 6.98. The van der Waals surface area contributed by atoms with Crippen LogP contribution < -0.4 is 5.32 Å². The maximum absolute atomic E-state index is 12.9. The first-order valence-corrected chi connectivity index (χ1v) is 13.6. The van der Waals surface area contributed by atoms with Crippen LogP contribution in [0.3, 0.4) is 0 Å². The summed E-state index contributed by atoms with van der Waals surface area (Å²) in [6, 6.07) is 5.32. The number of nitrogens with zero attached hydrogens (tertiary/aromatic N) is 2. The molecule has 2 heterocycles. The number of benzene rings is 1. The lowest BCUT2D eigenvalue weighted by molar-refractivity contribution is -0.136. The number of nitrogens with one attached hydrogen (secondary N) is 1. The number of carbonyl (C=O) groups excluding carboxylic acids is 1. The Morgan fingerprint density at radius 1 is 1.24 bits per heavy atom. The molecule has 2 fully saturated rings. The average molecular weight is 490 g/mol. The molecule has 3 aliphatic rings. The van der Waals surface area contributed by atoms with Crippen LogP contribution in [0.4, 0.5) is 0 Å². The maximum atomic E-state index is 12.9. The predicted molar refractivity (Wildman–Crippen MR) is 135 cm³/mol. The fourth-order valence-electron chi connectivity index (χ4n) is 5.19. The normalized spacial score (nSPS) is 26.0. The van der Waals surface area contributed by atoms with E-state index < -0.39 is 22.3 Å². The van der Waals surface area contributed by atoms with Gasteiger partial charge in [0.25, 0.3) is 5.91 Å². The third-order valence-electron chi connectivity index (χ3n) is 7.45. The van der Waals surface area contributed by atoms with Gasteiger partial charge in [0, 0.05) is 24.4 Å². The average Bonchev–Trinajstić information content (AvgIpc) is 3.09. The van der Waals surface area contributed by atoms with E-state index in [2.05, 4.69) is 12.2 Å². The number of carbonyl (C=O) groups is 2. The van der Waals surface area contributed by atoms with E-state index in [4.69, 9.17) is 10.1 Å². The van der Waals surface area contributed by atoms with Crippen molar-refractivity contribution < 1.29 is 23.8 Å². The Kier molecular flexibility index (Phi) is 7.19. The highest BCUT2D eigenvalue weighted by molar-refractivity contribution is 8.24. The van der Waals surface area contributed by atoms with Crippen molar-refractivity contribution in [2.45, 2.75) is 64.3 Å². The van der Waals surface area contributed by atoms with E-state index in [-0.39, 0.29) is 12.3 Å². The van der Waals surface area contributed by atoms with Crippen molar-refractivity contribution in [1.29, 1.82) is 0 Å². The number of aliphatic carboxylic acids is 1. The van der Waals surface area contributed by atoms with Crippen LogP contribution in [0.15, 0.2) is 28.6 Å². The molecule has 2 aliphatic heterocycles. The molecule has 0 unspecified atom stereocenters. The summed E-state index contributed by atoms with van der Waals surface area (Å²) >= 11 is 0. The number of hydrogen-bond donors (Lipinski definition) is 4. The van der Waals surface area contributed by atoms with Gasteiger partial charge in [-0.1, -0.05) is 38.0 Å². The Labute approximate surface area is 202 Å². The Morgan fingerprint density at radius 3 is 2.53 bits per heavy atom. The van der Waals surface area contributed by atoms with Gasteiger partial charge in [0.15, 0.2) is 0 Å². The molecule has 0 radical (unpaired) electrons. The van der Waals surface area contributed by atoms with Gasteiger partial charge in [0.05, 0.1) is 6.42 Å². The predicted octanol–water partition coefficient (Wildman–Crippen LogP) is 4.45. The molecular formula is C25H35N3O5S. The molecule has 1 saturated heterocycles. The number of aliphatic imine (C=N–C) groups is 1. The van der Waals surface area contributed by atoms with Gasteiger partial charge in [-0.3, -0.25) is 23.7 Å². The number of hydrogen-bond acceptors (Lipinski definition) is 6. The third kappa shape index (κ3) is 5.38. The summed E-state index contributed by atoms with van der Waals surface area (Å²) in [5.41, 5.74) is 1.58. The summed E-state index contributed by atoms with van der Waals surface area (Å²) in [7, 11) is -3.15. The standard InChI is InChI=1S/C25H35N3O5S/c1-17-3-6-21(7-4-17)23-26-24(31)25(27-23)10-12-28(13-11-25)34(32,33)14-9-20-8-5-19(15-18(20)2)16-22(29)30/h5,8-9,14-15,17,21,32-33H,3-4,6-7,10-13,16H2,1-2H3,(H,29,30)(H,26,27,31)/b14-9+. The zero-order chi connectivity index (χ0) is 24.5. The zero-order valence-corrected chi connectivity index (χ0v) is 20.7. The van der Waals surface area contributed by atoms with E-state index in [0.29, 0.717) is 37.4 Å². The largest absolute Gasteiger partial charge is 0.481 e. The zero-order valence-electron chi connectivity index (χ0n) is 19.9. The molecule has 9 heteroatoms. The van der Waals surface area contributed by atoms with Crippen LogP contribution in [0.25, 0.3) is 6.08 Å². The molecule has 8 nitrogen and oxygen atoms in total. The minimum atomic E-state index is -3.15. The number of aryl methyl sites for hydroxylation is 1. The second-order valence-electron chi connectivity index (χ2n) is 9.99. The third-order valence-corrected chi connectivity index (χ3v) is 9.08. The second-order valence-corrected chi connectivity index (χ2v) is 11.9. The molecule has 1 aliphatic carbocycles. The molecule has 186 valence electrons. The number of piperidine rings is 1. The van der Waals surface area contributed by atoms with Crippen LogP contribution in [-0.4, -0.2) is 54.9 Å². The Hall–Kier alpha value is -2.20. The van der Waals surface area contributed by atoms with E-state index in [9.17, 15) is 18.7 Å². The quantitative estimate of drug-likeness (QED) is 0.468. The Balaban J connectivity index is 1.39. The van der Waals surface area contributed by atoms with Gasteiger partial charge in [-0.2, -0.15) is 0 Å². The lowest BCUT2D eigenvalue weighted by Crippen LogP contribution is -2.49. The lowest BCUT2D eigenvalue weighted by Gasteiger charge is -2.45. The number of rotatable bonds is 6. The second kappa shape index (κ2) is 9.81. The van der Waals surface area contributed by atoms with E-state index in [0.717, 1.165) is 48.6 Å². The van der Waals surface area contributed by atoms with Crippen LogP contribution in [0.2, 0.25) is 0 Å². The molecule has 4 N–H and O–H groups in total. The fraction of sp³-hybridized carbons (Fsp3) is 0.560. The molecule has 4 rings (SSSR count). The van der Waals surface area contributed by atoms with Crippen molar-refractivity contribution in [2.24, 2.45) is 16.8 Å². The first-order valence-electron chi connectivity index (χ1n) is 12.0. The Bertz CT molecular complexity index is 1010. The topological polar surface area (TPSA) is 122 Å². The van der Waals surface area contributed by atoms with E-state index in [1.54, 1.807) is 28.6 Å². The maximum Gasteiger partial charge on any atom is 0.307 e. The van der Waals surface area contributed by atoms with E-state index in [1.807, 2.05) is 6.92 Å². The van der Waals surface area contributed by atoms with Crippen molar-refractivity contribution >= 4 is 34.6 Å². The molecule has 1 aromatic rings. The van der Waals surface area contributed by atoms with E-state index >= 15 is 0 Å². The minimum Gasteiger partial charge on any atom is -0.481 e. The van der Waals surface area contributed by atoms with Crippen molar-refractivity contribution in [3.8, 4) is 0 Å². The summed E-state index contributed by atoms with van der Waals surface area (Å²) in [4.78, 5) is 28.6. The number of carboxylic acid groups (broad SMARTS) is 1. The van der Waals surface area contributed by atoms with Crippen LogP contribution in [0.5, 0.6) is 0 Å². The Morgan fingerprint density at radius 2 is 1.91 bits per heavy atom.